The number of anilines is 1. The molecule has 0 aromatic heterocycles. The second-order valence-electron chi connectivity index (χ2n) is 4.71. The van der Waals surface area contributed by atoms with E-state index in [-0.39, 0.29) is 12.2 Å². The third-order valence-corrected chi connectivity index (χ3v) is 4.29. The van der Waals surface area contributed by atoms with E-state index in [0.29, 0.717) is 30.7 Å². The number of sulfonamides is 1. The number of carboxylic acid groups (broad SMARTS) is 1. The lowest BCUT2D eigenvalue weighted by Gasteiger charge is -2.08. The molecule has 0 unspecified atom stereocenters. The molecule has 0 aliphatic heterocycles. The Bertz CT molecular complexity index is 545. The molecular weight excluding hydrogens is 324 g/mol. The first-order valence-electron chi connectivity index (χ1n) is 7.05. The summed E-state index contributed by atoms with van der Waals surface area (Å²) in [6.45, 7) is 0. The fourth-order valence-electron chi connectivity index (χ4n) is 1.81. The summed E-state index contributed by atoms with van der Waals surface area (Å²) in [5.74, 6) is 3.38. The molecule has 23 heavy (non-hydrogen) atoms. The van der Waals surface area contributed by atoms with Gasteiger partial charge in [0, 0.05) is 12.1 Å². The summed E-state index contributed by atoms with van der Waals surface area (Å²) in [5, 5.41) is 15.0. The number of unbranched alkanes of at least 4 members (excludes halogenated alkanes) is 3. The quantitative estimate of drug-likeness (QED) is 0.373. The molecule has 0 aliphatic rings. The first-order chi connectivity index (χ1) is 10.9. The fraction of sp³-hybridized carbons (Fsp3) is 0.500. The predicted molar refractivity (Wildman–Crippen MR) is 87.1 cm³/mol. The first kappa shape index (κ1) is 21.2. The van der Waals surface area contributed by atoms with E-state index >= 15 is 0 Å². The second-order valence-corrected chi connectivity index (χ2v) is 6.55. The minimum atomic E-state index is -3.36. The van der Waals surface area contributed by atoms with Crippen molar-refractivity contribution in [3.05, 3.63) is 24.3 Å². The molecule has 0 fully saturated rings. The van der Waals surface area contributed by atoms with Crippen molar-refractivity contribution < 1.29 is 28.3 Å². The number of nitrogens with two attached hydrogens (primary N) is 1. The lowest BCUT2D eigenvalue weighted by molar-refractivity contribution is -0.137. The molecule has 0 atom stereocenters. The number of carboxylic acids is 1. The van der Waals surface area contributed by atoms with E-state index in [1.54, 1.807) is 31.4 Å². The van der Waals surface area contributed by atoms with E-state index in [1.165, 1.54) is 0 Å². The molecule has 132 valence electrons. The Morgan fingerprint density at radius 3 is 2.22 bits per heavy atom. The van der Waals surface area contributed by atoms with Crippen molar-refractivity contribution in [3.63, 3.8) is 0 Å². The maximum absolute atomic E-state index is 11.9. The van der Waals surface area contributed by atoms with Crippen molar-refractivity contribution in [1.29, 1.82) is 0 Å². The van der Waals surface area contributed by atoms with E-state index in [9.17, 15) is 13.2 Å². The average molecular weight is 348 g/mol. The smallest absolute Gasteiger partial charge is 0.303 e. The normalized spacial score (nSPS) is 10.4. The van der Waals surface area contributed by atoms with Crippen LogP contribution in [0, 0.1) is 0 Å². The van der Waals surface area contributed by atoms with Gasteiger partial charge in [-0.2, -0.15) is 0 Å². The van der Waals surface area contributed by atoms with Crippen LogP contribution in [-0.4, -0.2) is 37.6 Å². The van der Waals surface area contributed by atoms with Gasteiger partial charge in [0.2, 0.25) is 10.0 Å². The highest BCUT2D eigenvalue weighted by Crippen LogP contribution is 2.16. The summed E-state index contributed by atoms with van der Waals surface area (Å²) >= 11 is 0. The highest BCUT2D eigenvalue weighted by molar-refractivity contribution is 7.92. The summed E-state index contributed by atoms with van der Waals surface area (Å²) in [5.41, 5.74) is 0.502. The van der Waals surface area contributed by atoms with Crippen LogP contribution in [0.25, 0.3) is 0 Å². The maximum atomic E-state index is 11.9. The van der Waals surface area contributed by atoms with E-state index in [1.807, 2.05) is 0 Å². The molecule has 0 saturated carbocycles. The Kier molecular flexibility index (Phi) is 10.8. The van der Waals surface area contributed by atoms with Gasteiger partial charge in [0.15, 0.2) is 0 Å². The van der Waals surface area contributed by atoms with Gasteiger partial charge < -0.3 is 15.1 Å². The lowest BCUT2D eigenvalue weighted by Crippen LogP contribution is -2.16. The van der Waals surface area contributed by atoms with Gasteiger partial charge in [-0.1, -0.05) is 12.8 Å². The Labute approximate surface area is 136 Å². The topological polar surface area (TPSA) is 139 Å². The minimum Gasteiger partial charge on any atom is -0.497 e. The molecular formula is C14H24N2O6S. The SMILES string of the molecule is COc1ccc(NS(=O)(=O)CCCCCCC(=O)O)cc1.NO. The van der Waals surface area contributed by atoms with Gasteiger partial charge in [-0.15, -0.1) is 0 Å². The van der Waals surface area contributed by atoms with Gasteiger partial charge in [0.25, 0.3) is 0 Å². The van der Waals surface area contributed by atoms with E-state index in [2.05, 4.69) is 10.6 Å². The molecule has 1 aromatic carbocycles. The van der Waals surface area contributed by atoms with Gasteiger partial charge >= 0.3 is 5.97 Å². The maximum Gasteiger partial charge on any atom is 0.303 e. The zero-order chi connectivity index (χ0) is 17.7. The van der Waals surface area contributed by atoms with Crippen molar-refractivity contribution in [2.45, 2.75) is 32.1 Å². The van der Waals surface area contributed by atoms with Crippen LogP contribution in [-0.2, 0) is 14.8 Å². The molecule has 1 aromatic rings. The summed E-state index contributed by atoms with van der Waals surface area (Å²) in [4.78, 5) is 10.3. The number of benzene rings is 1. The third kappa shape index (κ3) is 10.5. The van der Waals surface area contributed by atoms with Crippen LogP contribution in [0.5, 0.6) is 5.75 Å². The van der Waals surface area contributed by atoms with E-state index < -0.39 is 16.0 Å². The van der Waals surface area contributed by atoms with Crippen LogP contribution in [0.1, 0.15) is 32.1 Å². The van der Waals surface area contributed by atoms with Gasteiger partial charge in [0.1, 0.15) is 5.75 Å². The third-order valence-electron chi connectivity index (χ3n) is 2.92. The largest absolute Gasteiger partial charge is 0.497 e. The second kappa shape index (κ2) is 11.7. The summed E-state index contributed by atoms with van der Waals surface area (Å²) in [6, 6.07) is 6.65. The molecule has 0 amide bonds. The zero-order valence-electron chi connectivity index (χ0n) is 13.1. The number of aliphatic carboxylic acids is 1. The Morgan fingerprint density at radius 1 is 1.13 bits per heavy atom. The minimum absolute atomic E-state index is 0.0338. The van der Waals surface area contributed by atoms with Crippen LogP contribution in [0.3, 0.4) is 0 Å². The highest BCUT2D eigenvalue weighted by atomic mass is 32.2. The molecule has 0 bridgehead atoms. The van der Waals surface area contributed by atoms with Gasteiger partial charge in [-0.3, -0.25) is 9.52 Å². The molecule has 1 rings (SSSR count). The van der Waals surface area contributed by atoms with Crippen molar-refractivity contribution in [2.75, 3.05) is 17.6 Å². The predicted octanol–water partition coefficient (Wildman–Crippen LogP) is 1.81. The van der Waals surface area contributed by atoms with Crippen LogP contribution in [0.4, 0.5) is 5.69 Å². The summed E-state index contributed by atoms with van der Waals surface area (Å²) < 4.78 is 31.2. The summed E-state index contributed by atoms with van der Waals surface area (Å²) in [6.07, 6.45) is 2.67. The standard InChI is InChI=1S/C14H21NO5S.H3NO/c1-20-13-9-7-12(8-10-13)15-21(18,19)11-5-3-2-4-6-14(16)17;1-2/h7-10,15H,2-6,11H2,1H3,(H,16,17);2H,1H2. The number of ether oxygens (including phenoxy) is 1. The van der Waals surface area contributed by atoms with Gasteiger partial charge in [-0.25, -0.2) is 14.3 Å². The first-order valence-corrected chi connectivity index (χ1v) is 8.70. The number of methoxy groups -OCH3 is 1. The number of hydrogen-bond acceptors (Lipinski definition) is 6. The number of hydrogen-bond donors (Lipinski definition) is 4. The van der Waals surface area contributed by atoms with Crippen LogP contribution in [0.15, 0.2) is 24.3 Å². The Morgan fingerprint density at radius 2 is 1.70 bits per heavy atom. The number of nitrogens with one attached hydrogen (secondary N) is 1. The zero-order valence-corrected chi connectivity index (χ0v) is 13.9. The average Bonchev–Trinajstić information content (AvgIpc) is 2.53. The van der Waals surface area contributed by atoms with E-state index in [0.717, 1.165) is 6.42 Å². The molecule has 8 nitrogen and oxygen atoms in total. The highest BCUT2D eigenvalue weighted by Gasteiger charge is 2.10. The molecule has 5 N–H and O–H groups in total. The Balaban J connectivity index is 0.00000232. The fourth-order valence-corrected chi connectivity index (χ4v) is 2.99. The molecule has 0 spiro atoms. The number of carbonyl (C=O) groups is 1. The van der Waals surface area contributed by atoms with Gasteiger partial charge in [0.05, 0.1) is 12.9 Å². The van der Waals surface area contributed by atoms with E-state index in [4.69, 9.17) is 15.1 Å². The van der Waals surface area contributed by atoms with Crippen LogP contribution >= 0.6 is 0 Å². The molecule has 0 radical (unpaired) electrons. The van der Waals surface area contributed by atoms with Crippen molar-refractivity contribution in [2.24, 2.45) is 5.90 Å². The van der Waals surface area contributed by atoms with Crippen molar-refractivity contribution in [1.82, 2.24) is 0 Å². The lowest BCUT2D eigenvalue weighted by atomic mass is 10.2. The Hall–Kier alpha value is -1.84. The van der Waals surface area contributed by atoms with Gasteiger partial charge in [-0.05, 0) is 37.1 Å². The number of rotatable bonds is 10. The summed E-state index contributed by atoms with van der Waals surface area (Å²) in [7, 11) is -1.82. The van der Waals surface area contributed by atoms with Crippen LogP contribution < -0.4 is 15.4 Å². The van der Waals surface area contributed by atoms with Crippen molar-refractivity contribution >= 4 is 21.7 Å². The monoisotopic (exact) mass is 348 g/mol. The molecule has 0 heterocycles. The molecule has 0 aliphatic carbocycles. The molecule has 9 heteroatoms. The van der Waals surface area contributed by atoms with Crippen LogP contribution in [0.2, 0.25) is 0 Å². The molecule has 0 saturated heterocycles. The van der Waals surface area contributed by atoms with Crippen molar-refractivity contribution in [3.8, 4) is 5.75 Å².